The molecule has 0 atom stereocenters. The summed E-state index contributed by atoms with van der Waals surface area (Å²) in [7, 11) is 0. The average Bonchev–Trinajstić information content (AvgIpc) is 2.48. The van der Waals surface area contributed by atoms with E-state index in [9.17, 15) is 20.1 Å². The van der Waals surface area contributed by atoms with Crippen LogP contribution in [-0.2, 0) is 11.2 Å². The van der Waals surface area contributed by atoms with Crippen LogP contribution in [0.3, 0.4) is 0 Å². The maximum Gasteiger partial charge on any atom is 0.244 e. The van der Waals surface area contributed by atoms with Gasteiger partial charge in [-0.3, -0.25) is 4.79 Å². The number of carbonyl (C=O) groups excluding carboxylic acids is 1. The predicted octanol–water partition coefficient (Wildman–Crippen LogP) is 1.17. The van der Waals surface area contributed by atoms with Gasteiger partial charge in [0.1, 0.15) is 5.75 Å². The van der Waals surface area contributed by atoms with Crippen LogP contribution in [0.15, 0.2) is 60.2 Å². The Kier molecular flexibility index (Phi) is 5.14. The summed E-state index contributed by atoms with van der Waals surface area (Å²) in [6, 6.07) is 6.85. The maximum absolute atomic E-state index is 11.7. The molecule has 0 radical (unpaired) electrons. The van der Waals surface area contributed by atoms with Gasteiger partial charge < -0.3 is 20.6 Å². The third kappa shape index (κ3) is 5.20. The van der Waals surface area contributed by atoms with E-state index in [-0.39, 0.29) is 18.1 Å². The highest BCUT2D eigenvalue weighted by Gasteiger charge is 2.19. The number of phenolic OH excluding ortho intramolecular Hbond substituents is 1. The molecule has 2 rings (SSSR count). The fourth-order valence-corrected chi connectivity index (χ4v) is 1.98. The standard InChI is InChI=1S/C17H19NO4/c19-15-4-1-13(2-5-15)9-12-18-16(20)6-3-14-7-10-17(21,22)11-8-14/h1-8,10,19,21-22H,9,11-12H2,(H,18,20)/b6-3+. The van der Waals surface area contributed by atoms with E-state index < -0.39 is 5.79 Å². The number of allylic oxidation sites excluding steroid dienone is 3. The van der Waals surface area contributed by atoms with E-state index in [1.54, 1.807) is 30.4 Å². The lowest BCUT2D eigenvalue weighted by Gasteiger charge is -2.18. The molecule has 0 fully saturated rings. The third-order valence-electron chi connectivity index (χ3n) is 3.26. The first-order chi connectivity index (χ1) is 10.4. The Labute approximate surface area is 128 Å². The largest absolute Gasteiger partial charge is 0.508 e. The van der Waals surface area contributed by atoms with E-state index in [2.05, 4.69) is 5.32 Å². The molecule has 1 aliphatic rings. The van der Waals surface area contributed by atoms with Crippen molar-refractivity contribution in [3.63, 3.8) is 0 Å². The quantitative estimate of drug-likeness (QED) is 0.485. The molecule has 0 saturated carbocycles. The molecule has 0 spiro atoms. The van der Waals surface area contributed by atoms with Gasteiger partial charge in [0, 0.05) is 19.0 Å². The molecule has 0 bridgehead atoms. The third-order valence-corrected chi connectivity index (χ3v) is 3.26. The highest BCUT2D eigenvalue weighted by atomic mass is 16.5. The van der Waals surface area contributed by atoms with Crippen molar-refractivity contribution in [3.05, 3.63) is 65.8 Å². The van der Waals surface area contributed by atoms with Gasteiger partial charge in [-0.1, -0.05) is 24.3 Å². The minimum atomic E-state index is -1.79. The minimum absolute atomic E-state index is 0.103. The number of aliphatic hydroxyl groups is 2. The van der Waals surface area contributed by atoms with Crippen LogP contribution in [0.2, 0.25) is 0 Å². The van der Waals surface area contributed by atoms with E-state index in [0.717, 1.165) is 11.1 Å². The van der Waals surface area contributed by atoms with Crippen molar-refractivity contribution < 1.29 is 20.1 Å². The Morgan fingerprint density at radius 3 is 2.64 bits per heavy atom. The molecular weight excluding hydrogens is 282 g/mol. The van der Waals surface area contributed by atoms with Gasteiger partial charge in [-0.25, -0.2) is 0 Å². The predicted molar refractivity (Wildman–Crippen MR) is 83.0 cm³/mol. The highest BCUT2D eigenvalue weighted by molar-refractivity contribution is 5.88. The molecule has 116 valence electrons. The molecule has 0 saturated heterocycles. The molecule has 5 heteroatoms. The molecule has 22 heavy (non-hydrogen) atoms. The summed E-state index contributed by atoms with van der Waals surface area (Å²) >= 11 is 0. The topological polar surface area (TPSA) is 89.8 Å². The van der Waals surface area contributed by atoms with Crippen LogP contribution in [0.1, 0.15) is 12.0 Å². The fraction of sp³-hybridized carbons (Fsp3) is 0.235. The Morgan fingerprint density at radius 1 is 1.27 bits per heavy atom. The smallest absolute Gasteiger partial charge is 0.244 e. The van der Waals surface area contributed by atoms with E-state index in [4.69, 9.17) is 0 Å². The summed E-state index contributed by atoms with van der Waals surface area (Å²) in [5.41, 5.74) is 1.79. The van der Waals surface area contributed by atoms with Gasteiger partial charge in [0.25, 0.3) is 0 Å². The van der Waals surface area contributed by atoms with Crippen LogP contribution >= 0.6 is 0 Å². The number of phenols is 1. The number of carbonyl (C=O) groups is 1. The van der Waals surface area contributed by atoms with Crippen molar-refractivity contribution in [2.45, 2.75) is 18.6 Å². The summed E-state index contributed by atoms with van der Waals surface area (Å²) in [6.07, 6.45) is 8.32. The van der Waals surface area contributed by atoms with Crippen LogP contribution in [0.25, 0.3) is 0 Å². The SMILES string of the molecule is O=C(/C=C/C1=CCC(O)(O)C=C1)NCCc1ccc(O)cc1. The summed E-state index contributed by atoms with van der Waals surface area (Å²) < 4.78 is 0. The second-order valence-electron chi connectivity index (χ2n) is 5.16. The van der Waals surface area contributed by atoms with Gasteiger partial charge in [0.15, 0.2) is 5.79 Å². The highest BCUT2D eigenvalue weighted by Crippen LogP contribution is 2.18. The van der Waals surface area contributed by atoms with Gasteiger partial charge in [0.05, 0.1) is 0 Å². The molecule has 5 nitrogen and oxygen atoms in total. The number of aromatic hydroxyl groups is 1. The van der Waals surface area contributed by atoms with Gasteiger partial charge in [-0.2, -0.15) is 0 Å². The Balaban J connectivity index is 1.74. The van der Waals surface area contributed by atoms with Crippen LogP contribution in [0.5, 0.6) is 5.75 Å². The number of amides is 1. The lowest BCUT2D eigenvalue weighted by molar-refractivity contribution is -0.116. The van der Waals surface area contributed by atoms with Crippen LogP contribution < -0.4 is 5.32 Å². The molecular formula is C17H19NO4. The number of benzene rings is 1. The van der Waals surface area contributed by atoms with Crippen molar-refractivity contribution in [2.75, 3.05) is 6.54 Å². The molecule has 0 aliphatic heterocycles. The second kappa shape index (κ2) is 7.06. The van der Waals surface area contributed by atoms with Gasteiger partial charge in [-0.15, -0.1) is 0 Å². The summed E-state index contributed by atoms with van der Waals surface area (Å²) in [4.78, 5) is 11.7. The first-order valence-corrected chi connectivity index (χ1v) is 7.03. The van der Waals surface area contributed by atoms with Gasteiger partial charge in [0.2, 0.25) is 5.91 Å². The first kappa shape index (κ1) is 16.0. The van der Waals surface area contributed by atoms with Crippen molar-refractivity contribution in [3.8, 4) is 5.75 Å². The zero-order valence-electron chi connectivity index (χ0n) is 12.1. The number of hydrogen-bond donors (Lipinski definition) is 4. The first-order valence-electron chi connectivity index (χ1n) is 7.03. The maximum atomic E-state index is 11.7. The zero-order chi connectivity index (χ0) is 16.0. The molecule has 1 aromatic rings. The fourth-order valence-electron chi connectivity index (χ4n) is 1.98. The second-order valence-corrected chi connectivity index (χ2v) is 5.16. The monoisotopic (exact) mass is 301 g/mol. The van der Waals surface area contributed by atoms with Crippen molar-refractivity contribution in [2.24, 2.45) is 0 Å². The molecule has 1 amide bonds. The van der Waals surface area contributed by atoms with E-state index in [1.165, 1.54) is 12.2 Å². The van der Waals surface area contributed by atoms with E-state index >= 15 is 0 Å². The van der Waals surface area contributed by atoms with Crippen LogP contribution in [0, 0.1) is 0 Å². The summed E-state index contributed by atoms with van der Waals surface area (Å²) in [5.74, 6) is -1.78. The van der Waals surface area contributed by atoms with E-state index in [1.807, 2.05) is 12.1 Å². The van der Waals surface area contributed by atoms with Crippen LogP contribution in [0.4, 0.5) is 0 Å². The molecule has 1 aromatic carbocycles. The normalized spacial score (nSPS) is 16.5. The average molecular weight is 301 g/mol. The Morgan fingerprint density at radius 2 is 2.00 bits per heavy atom. The van der Waals surface area contributed by atoms with Gasteiger partial charge in [-0.05, 0) is 41.8 Å². The Hall–Kier alpha value is -2.37. The molecule has 4 N–H and O–H groups in total. The number of nitrogens with one attached hydrogen (secondary N) is 1. The Bertz CT molecular complexity index is 612. The summed E-state index contributed by atoms with van der Waals surface area (Å²) in [6.45, 7) is 0.499. The van der Waals surface area contributed by atoms with Crippen LogP contribution in [-0.4, -0.2) is 33.6 Å². The lowest BCUT2D eigenvalue weighted by Crippen LogP contribution is -2.25. The minimum Gasteiger partial charge on any atom is -0.508 e. The van der Waals surface area contributed by atoms with Crippen molar-refractivity contribution in [1.29, 1.82) is 0 Å². The number of rotatable bonds is 5. The lowest BCUT2D eigenvalue weighted by atomic mass is 10.0. The summed E-state index contributed by atoms with van der Waals surface area (Å²) in [5, 5.41) is 30.6. The molecule has 1 aliphatic carbocycles. The molecule has 0 unspecified atom stereocenters. The number of hydrogen-bond acceptors (Lipinski definition) is 4. The zero-order valence-corrected chi connectivity index (χ0v) is 12.1. The molecule has 0 heterocycles. The van der Waals surface area contributed by atoms with Crippen molar-refractivity contribution >= 4 is 5.91 Å². The van der Waals surface area contributed by atoms with Gasteiger partial charge >= 0.3 is 0 Å². The van der Waals surface area contributed by atoms with E-state index in [0.29, 0.717) is 13.0 Å². The van der Waals surface area contributed by atoms with Crippen molar-refractivity contribution in [1.82, 2.24) is 5.32 Å². The molecule has 0 aromatic heterocycles.